The molecule has 1 fully saturated rings. The van der Waals surface area contributed by atoms with Crippen LogP contribution in [0.5, 0.6) is 5.75 Å². The van der Waals surface area contributed by atoms with Gasteiger partial charge in [-0.1, -0.05) is 40.8 Å². The lowest BCUT2D eigenvalue weighted by atomic mass is 9.87. The van der Waals surface area contributed by atoms with E-state index in [9.17, 15) is 24.3 Å². The number of amides is 3. The molecule has 3 amide bonds. The first-order valence-corrected chi connectivity index (χ1v) is 14.4. The summed E-state index contributed by atoms with van der Waals surface area (Å²) in [5.74, 6) is -2.21. The molecular formula is C26H18ClN3O5S3. The number of hydrogen-bond acceptors (Lipinski definition) is 8. The summed E-state index contributed by atoms with van der Waals surface area (Å²) in [6, 6.07) is 16.3. The number of carbonyl (C=O) groups is 3. The van der Waals surface area contributed by atoms with Gasteiger partial charge >= 0.3 is 4.87 Å². The lowest BCUT2D eigenvalue weighted by Gasteiger charge is -2.29. The van der Waals surface area contributed by atoms with Crippen molar-refractivity contribution in [3.8, 4) is 5.75 Å². The van der Waals surface area contributed by atoms with Crippen molar-refractivity contribution in [3.05, 3.63) is 90.5 Å². The van der Waals surface area contributed by atoms with Crippen molar-refractivity contribution in [1.29, 1.82) is 0 Å². The molecule has 0 radical (unpaired) electrons. The lowest BCUT2D eigenvalue weighted by Crippen LogP contribution is -2.32. The molecule has 4 heterocycles. The van der Waals surface area contributed by atoms with E-state index in [1.807, 2.05) is 17.5 Å². The Labute approximate surface area is 233 Å². The van der Waals surface area contributed by atoms with Crippen molar-refractivity contribution in [1.82, 2.24) is 4.57 Å². The van der Waals surface area contributed by atoms with Gasteiger partial charge in [0.25, 0.3) is 0 Å². The summed E-state index contributed by atoms with van der Waals surface area (Å²) in [5.41, 5.74) is 0.919. The van der Waals surface area contributed by atoms with Crippen LogP contribution in [0, 0.1) is 5.92 Å². The van der Waals surface area contributed by atoms with Crippen molar-refractivity contribution < 1.29 is 19.5 Å². The fraction of sp³-hybridized carbons (Fsp3) is 0.154. The predicted octanol–water partition coefficient (Wildman–Crippen LogP) is 4.76. The summed E-state index contributed by atoms with van der Waals surface area (Å²) in [5, 5.41) is 14.4. The van der Waals surface area contributed by atoms with E-state index in [1.165, 1.54) is 44.7 Å². The molecule has 2 aromatic heterocycles. The van der Waals surface area contributed by atoms with Gasteiger partial charge in [0.1, 0.15) is 17.5 Å². The Hall–Kier alpha value is -3.38. The smallest absolute Gasteiger partial charge is 0.308 e. The summed E-state index contributed by atoms with van der Waals surface area (Å²) in [6.07, 6.45) is 0. The molecule has 1 saturated heterocycles. The second kappa shape index (κ2) is 9.73. The molecule has 0 saturated carbocycles. The van der Waals surface area contributed by atoms with Gasteiger partial charge in [0.2, 0.25) is 17.7 Å². The second-order valence-corrected chi connectivity index (χ2v) is 12.3. The van der Waals surface area contributed by atoms with Crippen LogP contribution in [0.15, 0.2) is 75.9 Å². The van der Waals surface area contributed by atoms with Gasteiger partial charge in [-0.15, -0.1) is 11.3 Å². The van der Waals surface area contributed by atoms with Gasteiger partial charge in [0.05, 0.1) is 16.6 Å². The number of benzene rings is 2. The maximum Gasteiger partial charge on any atom is 0.308 e. The van der Waals surface area contributed by atoms with E-state index in [1.54, 1.807) is 36.4 Å². The van der Waals surface area contributed by atoms with Crippen LogP contribution in [-0.2, 0) is 20.9 Å². The van der Waals surface area contributed by atoms with E-state index in [0.717, 1.165) is 16.2 Å². The Morgan fingerprint density at radius 1 is 1.00 bits per heavy atom. The molecule has 2 N–H and O–H groups in total. The van der Waals surface area contributed by atoms with Crippen molar-refractivity contribution >= 4 is 75.1 Å². The Morgan fingerprint density at radius 3 is 2.42 bits per heavy atom. The number of fused-ring (bicyclic) bond motifs is 2. The normalized spacial score (nSPS) is 20.3. The zero-order chi connectivity index (χ0) is 26.6. The Balaban J connectivity index is 1.38. The average Bonchev–Trinajstić information content (AvgIpc) is 3.59. The highest BCUT2D eigenvalue weighted by Crippen LogP contribution is 2.54. The number of aromatic hydroxyl groups is 1. The average molecular weight is 584 g/mol. The number of nitrogens with zero attached hydrogens (tertiary/aromatic N) is 2. The molecule has 192 valence electrons. The number of thiazole rings is 1. The van der Waals surface area contributed by atoms with E-state index in [-0.39, 0.29) is 29.0 Å². The van der Waals surface area contributed by atoms with Crippen molar-refractivity contribution in [3.63, 3.8) is 0 Å². The number of carbonyl (C=O) groups excluding carboxylic acids is 3. The Bertz CT molecular complexity index is 1610. The first kappa shape index (κ1) is 24.9. The Morgan fingerprint density at radius 2 is 1.74 bits per heavy atom. The monoisotopic (exact) mass is 583 g/mol. The van der Waals surface area contributed by atoms with Gasteiger partial charge in [-0.2, -0.15) is 0 Å². The third kappa shape index (κ3) is 4.25. The molecule has 2 aliphatic rings. The van der Waals surface area contributed by atoms with E-state index in [0.29, 0.717) is 26.3 Å². The second-order valence-electron chi connectivity index (χ2n) is 8.76. The van der Waals surface area contributed by atoms with Gasteiger partial charge in [-0.3, -0.25) is 23.7 Å². The van der Waals surface area contributed by atoms with Crippen LogP contribution in [0.4, 0.5) is 11.4 Å². The minimum Gasteiger partial charge on any atom is -0.508 e. The quantitative estimate of drug-likeness (QED) is 0.259. The highest BCUT2D eigenvalue weighted by Gasteiger charge is 2.57. The number of nitrogens with one attached hydrogen (secondary N) is 1. The maximum atomic E-state index is 13.7. The zero-order valence-electron chi connectivity index (χ0n) is 19.4. The number of phenolic OH excluding ortho intramolecular Hbond substituents is 1. The summed E-state index contributed by atoms with van der Waals surface area (Å²) >= 11 is 9.65. The highest BCUT2D eigenvalue weighted by atomic mass is 35.5. The number of halogens is 1. The van der Waals surface area contributed by atoms with Gasteiger partial charge in [0.15, 0.2) is 0 Å². The molecule has 0 spiro atoms. The molecule has 0 unspecified atom stereocenters. The summed E-state index contributed by atoms with van der Waals surface area (Å²) in [6.45, 7) is -0.254. The van der Waals surface area contributed by atoms with Crippen LogP contribution < -0.4 is 15.1 Å². The lowest BCUT2D eigenvalue weighted by molar-refractivity contribution is -0.122. The molecule has 0 aliphatic carbocycles. The number of thioether (sulfide) groups is 1. The third-order valence-electron chi connectivity index (χ3n) is 6.44. The van der Waals surface area contributed by atoms with Gasteiger partial charge in [0, 0.05) is 26.4 Å². The number of anilines is 2. The summed E-state index contributed by atoms with van der Waals surface area (Å²) < 4.78 is 1.37. The zero-order valence-corrected chi connectivity index (χ0v) is 22.6. The van der Waals surface area contributed by atoms with E-state index < -0.39 is 23.0 Å². The summed E-state index contributed by atoms with van der Waals surface area (Å²) in [7, 11) is 0. The molecule has 2 aliphatic heterocycles. The highest BCUT2D eigenvalue weighted by molar-refractivity contribution is 8.00. The molecular weight excluding hydrogens is 566 g/mol. The minimum atomic E-state index is -0.752. The fourth-order valence-electron chi connectivity index (χ4n) is 4.76. The predicted molar refractivity (Wildman–Crippen MR) is 149 cm³/mol. The van der Waals surface area contributed by atoms with Crippen molar-refractivity contribution in [2.75, 3.05) is 10.2 Å². The van der Waals surface area contributed by atoms with Crippen LogP contribution >= 0.6 is 46.0 Å². The first-order valence-electron chi connectivity index (χ1n) is 11.5. The molecule has 4 aromatic rings. The van der Waals surface area contributed by atoms with Crippen molar-refractivity contribution in [2.24, 2.45) is 5.92 Å². The number of hydrogen-bond donors (Lipinski definition) is 2. The molecule has 3 atom stereocenters. The molecule has 0 bridgehead atoms. The molecule has 38 heavy (non-hydrogen) atoms. The standard InChI is InChI=1S/C26H18ClN3O5S3/c27-13-3-7-15(8-4-13)30-23(33)20-19(17-2-1-11-36-17)22-25(37-21(20)24(30)34)29(26(35)38-22)12-18(32)28-14-5-9-16(31)10-6-14/h1-11,19-21,31H,12H2,(H,28,32)/t19-,20-,21+/m0/s1. The Kier molecular flexibility index (Phi) is 6.39. The SMILES string of the molecule is O=C(Cn1c2c(sc1=O)[C@@H](c1cccs1)[C@@H]1C(=O)N(c3ccc(Cl)cc3)C(=O)[C@@H]1S2)Nc1ccc(O)cc1. The molecule has 8 nitrogen and oxygen atoms in total. The number of phenols is 1. The van der Waals surface area contributed by atoms with E-state index >= 15 is 0 Å². The number of rotatable bonds is 5. The topological polar surface area (TPSA) is 109 Å². The minimum absolute atomic E-state index is 0.0696. The van der Waals surface area contributed by atoms with E-state index in [4.69, 9.17) is 11.6 Å². The summed E-state index contributed by atoms with van der Waals surface area (Å²) in [4.78, 5) is 55.8. The van der Waals surface area contributed by atoms with Crippen molar-refractivity contribution in [2.45, 2.75) is 22.7 Å². The van der Waals surface area contributed by atoms with Crippen LogP contribution in [-0.4, -0.2) is 32.6 Å². The number of imide groups is 1. The van der Waals surface area contributed by atoms with Crippen LogP contribution in [0.3, 0.4) is 0 Å². The number of thiophene rings is 1. The molecule has 2 aromatic carbocycles. The van der Waals surface area contributed by atoms with Gasteiger partial charge in [-0.05, 0) is 60.0 Å². The van der Waals surface area contributed by atoms with Crippen LogP contribution in [0.25, 0.3) is 0 Å². The molecule has 6 rings (SSSR count). The van der Waals surface area contributed by atoms with Crippen LogP contribution in [0.2, 0.25) is 5.02 Å². The number of aromatic nitrogens is 1. The maximum absolute atomic E-state index is 13.7. The third-order valence-corrected chi connectivity index (χ3v) is 10.2. The largest absolute Gasteiger partial charge is 0.508 e. The van der Waals surface area contributed by atoms with Crippen LogP contribution in [0.1, 0.15) is 15.7 Å². The van der Waals surface area contributed by atoms with E-state index in [2.05, 4.69) is 5.32 Å². The van der Waals surface area contributed by atoms with Gasteiger partial charge in [-0.25, -0.2) is 4.90 Å². The van der Waals surface area contributed by atoms with Gasteiger partial charge < -0.3 is 10.4 Å². The first-order chi connectivity index (χ1) is 18.3. The molecule has 12 heteroatoms. The fourth-order valence-corrected chi connectivity index (χ4v) is 8.61.